The smallest absolute Gasteiger partial charge is 0.407 e. The molecule has 0 saturated heterocycles. The molecule has 1 aliphatic carbocycles. The van der Waals surface area contributed by atoms with E-state index in [2.05, 4.69) is 5.32 Å². The molecule has 3 aromatic rings. The number of carbonyl (C=O) groups is 3. The van der Waals surface area contributed by atoms with Gasteiger partial charge >= 0.3 is 12.1 Å². The Hall–Kier alpha value is -3.43. The van der Waals surface area contributed by atoms with Crippen LogP contribution in [-0.2, 0) is 9.53 Å². The second kappa shape index (κ2) is 11.3. The minimum absolute atomic E-state index is 0.00142. The Balaban J connectivity index is 1.29. The van der Waals surface area contributed by atoms with Gasteiger partial charge in [0.1, 0.15) is 12.6 Å². The molecule has 0 fully saturated rings. The lowest BCUT2D eigenvalue weighted by atomic mass is 9.98. The summed E-state index contributed by atoms with van der Waals surface area (Å²) in [6.45, 7) is 0.0917. The van der Waals surface area contributed by atoms with E-state index in [1.54, 1.807) is 7.05 Å². The maximum Gasteiger partial charge on any atom is 0.407 e. The van der Waals surface area contributed by atoms with Crippen molar-refractivity contribution in [3.05, 3.63) is 90.0 Å². The van der Waals surface area contributed by atoms with Gasteiger partial charge in [-0.2, -0.15) is 0 Å². The fraction of sp³-hybridized carbons (Fsp3) is 0.192. The van der Waals surface area contributed by atoms with Crippen molar-refractivity contribution in [2.75, 3.05) is 24.3 Å². The number of carboxylic acids is 1. The molecule has 9 heteroatoms. The second-order valence-electron chi connectivity index (χ2n) is 7.89. The maximum atomic E-state index is 12.4. The lowest BCUT2D eigenvalue weighted by Crippen LogP contribution is -2.43. The summed E-state index contributed by atoms with van der Waals surface area (Å²) in [5.74, 6) is -1.32. The van der Waals surface area contributed by atoms with E-state index >= 15 is 0 Å². The Morgan fingerprint density at radius 3 is 2.11 bits per heavy atom. The number of amides is 2. The van der Waals surface area contributed by atoms with Crippen LogP contribution in [0.25, 0.3) is 11.1 Å². The van der Waals surface area contributed by atoms with E-state index in [0.29, 0.717) is 0 Å². The lowest BCUT2D eigenvalue weighted by Gasteiger charge is -2.18. The number of hydrogen-bond donors (Lipinski definition) is 2. The van der Waals surface area contributed by atoms with E-state index in [9.17, 15) is 19.5 Å². The van der Waals surface area contributed by atoms with Crippen LogP contribution in [0.5, 0.6) is 0 Å². The zero-order chi connectivity index (χ0) is 24.8. The summed E-state index contributed by atoms with van der Waals surface area (Å²) in [7, 11) is 3.63. The molecule has 7 nitrogen and oxygen atoms in total. The number of carboxylic acid groups (broad SMARTS) is 1. The highest BCUT2D eigenvalue weighted by Crippen LogP contribution is 2.44. The van der Waals surface area contributed by atoms with Gasteiger partial charge in [0.2, 0.25) is 0 Å². The summed E-state index contributed by atoms with van der Waals surface area (Å²) in [6.07, 6.45) is -0.808. The Morgan fingerprint density at radius 2 is 1.51 bits per heavy atom. The summed E-state index contributed by atoms with van der Waals surface area (Å²) in [4.78, 5) is 38.0. The first-order chi connectivity index (χ1) is 17.0. The van der Waals surface area contributed by atoms with Crippen LogP contribution >= 0.6 is 21.6 Å². The van der Waals surface area contributed by atoms with Crippen molar-refractivity contribution >= 4 is 44.6 Å². The van der Waals surface area contributed by atoms with Crippen molar-refractivity contribution in [1.82, 2.24) is 5.32 Å². The van der Waals surface area contributed by atoms with Gasteiger partial charge in [-0.3, -0.25) is 4.79 Å². The van der Waals surface area contributed by atoms with E-state index in [-0.39, 0.29) is 23.5 Å². The summed E-state index contributed by atoms with van der Waals surface area (Å²) in [6, 6.07) is 23.9. The molecule has 1 atom stereocenters. The minimum Gasteiger partial charge on any atom is -0.480 e. The van der Waals surface area contributed by atoms with Gasteiger partial charge in [-0.15, -0.1) is 0 Å². The van der Waals surface area contributed by atoms with Crippen molar-refractivity contribution in [3.8, 4) is 11.1 Å². The molecule has 0 heterocycles. The zero-order valence-electron chi connectivity index (χ0n) is 18.9. The number of nitrogens with zero attached hydrogens (tertiary/aromatic N) is 1. The summed E-state index contributed by atoms with van der Waals surface area (Å²) in [5, 5.41) is 11.7. The first-order valence-corrected chi connectivity index (χ1v) is 13.2. The minimum atomic E-state index is -1.20. The van der Waals surface area contributed by atoms with Crippen LogP contribution in [0, 0.1) is 0 Å². The number of para-hydroxylation sites is 1. The van der Waals surface area contributed by atoms with Gasteiger partial charge in [0.05, 0.1) is 0 Å². The number of carbonyl (C=O) groups excluding carboxylic acids is 2. The van der Waals surface area contributed by atoms with E-state index in [0.717, 1.165) is 49.5 Å². The van der Waals surface area contributed by atoms with Gasteiger partial charge in [0, 0.05) is 35.2 Å². The first-order valence-electron chi connectivity index (χ1n) is 10.9. The number of nitrogens with one attached hydrogen (secondary N) is 1. The lowest BCUT2D eigenvalue weighted by molar-refractivity contribution is -0.138. The van der Waals surface area contributed by atoms with Gasteiger partial charge in [-0.05, 0) is 34.4 Å². The fourth-order valence-electron chi connectivity index (χ4n) is 3.92. The number of hydrogen-bond acceptors (Lipinski definition) is 6. The van der Waals surface area contributed by atoms with E-state index in [4.69, 9.17) is 4.74 Å². The number of alkyl carbamates (subject to hydrolysis) is 1. The van der Waals surface area contributed by atoms with Gasteiger partial charge < -0.3 is 20.1 Å². The van der Waals surface area contributed by atoms with Crippen LogP contribution in [0.4, 0.5) is 15.3 Å². The van der Waals surface area contributed by atoms with Crippen LogP contribution in [0.15, 0.2) is 78.9 Å². The maximum absolute atomic E-state index is 12.4. The van der Waals surface area contributed by atoms with Crippen LogP contribution in [0.2, 0.25) is 0 Å². The van der Waals surface area contributed by atoms with Crippen molar-refractivity contribution in [2.45, 2.75) is 12.0 Å². The highest BCUT2D eigenvalue weighted by molar-refractivity contribution is 8.82. The molecule has 3 aromatic carbocycles. The monoisotopic (exact) mass is 508 g/mol. The van der Waals surface area contributed by atoms with Crippen molar-refractivity contribution in [3.63, 3.8) is 0 Å². The largest absolute Gasteiger partial charge is 0.480 e. The van der Waals surface area contributed by atoms with E-state index in [1.807, 2.05) is 78.9 Å². The number of fused-ring (bicyclic) bond motifs is 3. The highest BCUT2D eigenvalue weighted by Gasteiger charge is 2.30. The number of benzene rings is 3. The third-order valence-electron chi connectivity index (χ3n) is 5.72. The SMILES string of the molecule is CN(C(=O)SSCC(NC(=O)OCC1c2ccccc2-c2ccccc21)C(=O)O)c1ccccc1. The van der Waals surface area contributed by atoms with Crippen molar-refractivity contribution < 1.29 is 24.2 Å². The Bertz CT molecular complexity index is 1180. The van der Waals surface area contributed by atoms with Crippen LogP contribution < -0.4 is 10.2 Å². The number of anilines is 1. The van der Waals surface area contributed by atoms with Gasteiger partial charge in [-0.25, -0.2) is 9.59 Å². The molecule has 180 valence electrons. The first kappa shape index (κ1) is 24.7. The van der Waals surface area contributed by atoms with Crippen LogP contribution in [0.3, 0.4) is 0 Å². The van der Waals surface area contributed by atoms with Crippen LogP contribution in [0.1, 0.15) is 17.0 Å². The summed E-state index contributed by atoms with van der Waals surface area (Å²) in [5.41, 5.74) is 5.10. The van der Waals surface area contributed by atoms with Gasteiger partial charge in [-0.1, -0.05) is 77.5 Å². The number of aliphatic carboxylic acids is 1. The van der Waals surface area contributed by atoms with Crippen molar-refractivity contribution in [1.29, 1.82) is 0 Å². The molecule has 0 saturated carbocycles. The Morgan fingerprint density at radius 1 is 0.943 bits per heavy atom. The molecule has 0 bridgehead atoms. The van der Waals surface area contributed by atoms with Crippen molar-refractivity contribution in [2.24, 2.45) is 0 Å². The molecular formula is C26H24N2O5S2. The molecule has 35 heavy (non-hydrogen) atoms. The summed E-state index contributed by atoms with van der Waals surface area (Å²) >= 11 is 0. The normalized spacial score (nSPS) is 12.8. The third-order valence-corrected chi connectivity index (χ3v) is 7.91. The Labute approximate surface area is 211 Å². The molecule has 4 rings (SSSR count). The quantitative estimate of drug-likeness (QED) is 0.382. The third kappa shape index (κ3) is 5.80. The van der Waals surface area contributed by atoms with E-state index < -0.39 is 18.1 Å². The topological polar surface area (TPSA) is 95.9 Å². The Kier molecular flexibility index (Phi) is 7.99. The predicted molar refractivity (Wildman–Crippen MR) is 140 cm³/mol. The molecule has 0 radical (unpaired) electrons. The number of rotatable bonds is 8. The predicted octanol–water partition coefficient (Wildman–Crippen LogP) is 5.62. The molecule has 2 N–H and O–H groups in total. The molecule has 1 aliphatic rings. The number of ether oxygens (including phenoxy) is 1. The molecule has 1 unspecified atom stereocenters. The average Bonchev–Trinajstić information content (AvgIpc) is 3.20. The highest BCUT2D eigenvalue weighted by atomic mass is 33.1. The van der Waals surface area contributed by atoms with Gasteiger partial charge in [0.15, 0.2) is 0 Å². The molecule has 0 spiro atoms. The fourth-order valence-corrected chi connectivity index (χ4v) is 5.92. The molecule has 0 aliphatic heterocycles. The van der Waals surface area contributed by atoms with Crippen LogP contribution in [-0.4, -0.2) is 47.9 Å². The average molecular weight is 509 g/mol. The molecule has 0 aromatic heterocycles. The van der Waals surface area contributed by atoms with E-state index in [1.165, 1.54) is 4.90 Å². The molecular weight excluding hydrogens is 484 g/mol. The second-order valence-corrected chi connectivity index (χ2v) is 10.2. The zero-order valence-corrected chi connectivity index (χ0v) is 20.6. The summed E-state index contributed by atoms with van der Waals surface area (Å²) < 4.78 is 5.44. The van der Waals surface area contributed by atoms with Gasteiger partial charge in [0.25, 0.3) is 5.24 Å². The molecule has 2 amide bonds. The standard InChI is InChI=1S/C26H24N2O5S2/c1-28(17-9-3-2-4-10-17)26(32)35-34-16-23(24(29)30)27-25(31)33-15-22-20-13-7-5-11-18(20)19-12-6-8-14-21(19)22/h2-14,22-23H,15-16H2,1H3,(H,27,31)(H,29,30).